The molecular weight excluding hydrogens is 240 g/mol. The molecule has 0 aliphatic carbocycles. The molecule has 94 valence electrons. The van der Waals surface area contributed by atoms with Gasteiger partial charge in [-0.1, -0.05) is 12.1 Å². The van der Waals surface area contributed by atoms with E-state index in [1.54, 1.807) is 30.5 Å². The van der Waals surface area contributed by atoms with Crippen molar-refractivity contribution in [3.05, 3.63) is 59.5 Å². The summed E-state index contributed by atoms with van der Waals surface area (Å²) in [5.74, 6) is -0.295. The van der Waals surface area contributed by atoms with Gasteiger partial charge in [0, 0.05) is 24.4 Å². The number of carbonyl (C=O) groups excluding carboxylic acids is 2. The standard InChI is InChI=1S/C15H12N2O2/c1-10(18)17-13-7-3-2-6-12(13)15(19)14(17)9-11-5-4-8-16-11/h2-9,16H,1H3/b14-9-. The van der Waals surface area contributed by atoms with E-state index in [0.29, 0.717) is 16.9 Å². The molecule has 4 nitrogen and oxygen atoms in total. The van der Waals surface area contributed by atoms with Crippen molar-refractivity contribution in [3.8, 4) is 0 Å². The van der Waals surface area contributed by atoms with Crippen molar-refractivity contribution in [2.24, 2.45) is 0 Å². The Morgan fingerprint density at radius 1 is 1.21 bits per heavy atom. The van der Waals surface area contributed by atoms with Gasteiger partial charge in [-0.25, -0.2) is 0 Å². The number of benzene rings is 1. The van der Waals surface area contributed by atoms with Gasteiger partial charge in [-0.15, -0.1) is 0 Å². The zero-order chi connectivity index (χ0) is 13.4. The van der Waals surface area contributed by atoms with Crippen LogP contribution in [0.1, 0.15) is 23.0 Å². The maximum absolute atomic E-state index is 12.4. The molecule has 0 radical (unpaired) electrons. The van der Waals surface area contributed by atoms with Gasteiger partial charge in [0.15, 0.2) is 0 Å². The zero-order valence-electron chi connectivity index (χ0n) is 10.4. The highest BCUT2D eigenvalue weighted by Gasteiger charge is 2.34. The molecule has 0 unspecified atom stereocenters. The minimum Gasteiger partial charge on any atom is -0.362 e. The fourth-order valence-electron chi connectivity index (χ4n) is 2.28. The first-order valence-electron chi connectivity index (χ1n) is 5.98. The topological polar surface area (TPSA) is 53.2 Å². The van der Waals surface area contributed by atoms with Gasteiger partial charge in [-0.2, -0.15) is 0 Å². The number of aromatic amines is 1. The van der Waals surface area contributed by atoms with Crippen molar-refractivity contribution in [3.63, 3.8) is 0 Å². The number of Topliss-reactive ketones (excluding diaryl/α,β-unsaturated/α-hetero) is 1. The molecule has 1 aliphatic rings. The Morgan fingerprint density at radius 2 is 2.00 bits per heavy atom. The molecule has 0 saturated heterocycles. The molecule has 4 heteroatoms. The van der Waals surface area contributed by atoms with Gasteiger partial charge in [0.25, 0.3) is 0 Å². The maximum Gasteiger partial charge on any atom is 0.228 e. The quantitative estimate of drug-likeness (QED) is 0.793. The highest BCUT2D eigenvalue weighted by molar-refractivity contribution is 6.26. The smallest absolute Gasteiger partial charge is 0.228 e. The number of hydrogen-bond acceptors (Lipinski definition) is 2. The number of nitrogens with one attached hydrogen (secondary N) is 1. The Labute approximate surface area is 110 Å². The third-order valence-corrected chi connectivity index (χ3v) is 3.09. The molecule has 1 N–H and O–H groups in total. The van der Waals surface area contributed by atoms with Crippen LogP contribution in [0, 0.1) is 0 Å². The second-order valence-electron chi connectivity index (χ2n) is 4.36. The average Bonchev–Trinajstić information content (AvgIpc) is 2.98. The number of nitrogens with zero attached hydrogens (tertiary/aromatic N) is 1. The SMILES string of the molecule is CC(=O)N1/C(=C\c2ccc[nH]2)C(=O)c2ccccc21. The van der Waals surface area contributed by atoms with Crippen molar-refractivity contribution in [1.82, 2.24) is 4.98 Å². The summed E-state index contributed by atoms with van der Waals surface area (Å²) in [6.07, 6.45) is 3.47. The molecular formula is C15H12N2O2. The average molecular weight is 252 g/mol. The molecule has 2 heterocycles. The lowest BCUT2D eigenvalue weighted by atomic mass is 10.1. The van der Waals surface area contributed by atoms with Crippen LogP contribution in [0.2, 0.25) is 0 Å². The minimum absolute atomic E-state index is 0.125. The Hall–Kier alpha value is -2.62. The summed E-state index contributed by atoms with van der Waals surface area (Å²) in [5, 5.41) is 0. The van der Waals surface area contributed by atoms with Crippen molar-refractivity contribution in [2.45, 2.75) is 6.92 Å². The van der Waals surface area contributed by atoms with Gasteiger partial charge in [0.1, 0.15) is 0 Å². The van der Waals surface area contributed by atoms with Crippen molar-refractivity contribution >= 4 is 23.5 Å². The van der Waals surface area contributed by atoms with Gasteiger partial charge in [0.2, 0.25) is 11.7 Å². The molecule has 0 spiro atoms. The molecule has 1 aliphatic heterocycles. The molecule has 2 aromatic rings. The number of rotatable bonds is 1. The summed E-state index contributed by atoms with van der Waals surface area (Å²) in [7, 11) is 0. The van der Waals surface area contributed by atoms with Crippen molar-refractivity contribution in [2.75, 3.05) is 4.90 Å². The van der Waals surface area contributed by atoms with Crippen LogP contribution in [0.15, 0.2) is 48.3 Å². The van der Waals surface area contributed by atoms with E-state index in [4.69, 9.17) is 0 Å². The maximum atomic E-state index is 12.4. The molecule has 19 heavy (non-hydrogen) atoms. The van der Waals surface area contributed by atoms with Crippen LogP contribution in [-0.2, 0) is 4.79 Å². The van der Waals surface area contributed by atoms with Crippen LogP contribution in [0.3, 0.4) is 0 Å². The Bertz CT molecular complexity index is 684. The molecule has 0 atom stereocenters. The number of fused-ring (bicyclic) bond motifs is 1. The summed E-state index contributed by atoms with van der Waals surface area (Å²) in [6.45, 7) is 1.46. The van der Waals surface area contributed by atoms with Crippen LogP contribution < -0.4 is 4.90 Å². The van der Waals surface area contributed by atoms with E-state index in [1.165, 1.54) is 11.8 Å². The van der Waals surface area contributed by atoms with E-state index in [-0.39, 0.29) is 11.7 Å². The number of aromatic nitrogens is 1. The van der Waals surface area contributed by atoms with Crippen LogP contribution in [-0.4, -0.2) is 16.7 Å². The number of ketones is 1. The minimum atomic E-state index is -0.170. The summed E-state index contributed by atoms with van der Waals surface area (Å²) < 4.78 is 0. The van der Waals surface area contributed by atoms with E-state index in [2.05, 4.69) is 4.98 Å². The Kier molecular flexibility index (Phi) is 2.56. The largest absolute Gasteiger partial charge is 0.362 e. The van der Waals surface area contributed by atoms with Crippen molar-refractivity contribution < 1.29 is 9.59 Å². The first-order chi connectivity index (χ1) is 9.18. The highest BCUT2D eigenvalue weighted by Crippen LogP contribution is 2.35. The number of amides is 1. The number of anilines is 1. The van der Waals surface area contributed by atoms with Crippen LogP contribution in [0.25, 0.3) is 6.08 Å². The number of carbonyl (C=O) groups is 2. The van der Waals surface area contributed by atoms with Gasteiger partial charge in [-0.05, 0) is 30.3 Å². The molecule has 3 rings (SSSR count). The third kappa shape index (κ3) is 1.78. The molecule has 0 fully saturated rings. The summed E-state index contributed by atoms with van der Waals surface area (Å²) >= 11 is 0. The second-order valence-corrected chi connectivity index (χ2v) is 4.36. The van der Waals surface area contributed by atoms with E-state index in [0.717, 1.165) is 5.69 Å². The number of para-hydroxylation sites is 1. The fourth-order valence-corrected chi connectivity index (χ4v) is 2.28. The van der Waals surface area contributed by atoms with Crippen LogP contribution >= 0.6 is 0 Å². The first-order valence-corrected chi connectivity index (χ1v) is 5.98. The fraction of sp³-hybridized carbons (Fsp3) is 0.0667. The number of hydrogen-bond donors (Lipinski definition) is 1. The molecule has 1 aromatic heterocycles. The van der Waals surface area contributed by atoms with Crippen LogP contribution in [0.4, 0.5) is 5.69 Å². The lowest BCUT2D eigenvalue weighted by Crippen LogP contribution is -2.25. The van der Waals surface area contributed by atoms with E-state index in [9.17, 15) is 9.59 Å². The van der Waals surface area contributed by atoms with Crippen molar-refractivity contribution in [1.29, 1.82) is 0 Å². The highest BCUT2D eigenvalue weighted by atomic mass is 16.2. The van der Waals surface area contributed by atoms with Gasteiger partial charge in [0.05, 0.1) is 11.4 Å². The molecule has 0 saturated carbocycles. The second kappa shape index (κ2) is 4.24. The monoisotopic (exact) mass is 252 g/mol. The van der Waals surface area contributed by atoms with E-state index in [1.807, 2.05) is 18.2 Å². The Morgan fingerprint density at radius 3 is 2.68 bits per heavy atom. The summed E-state index contributed by atoms with van der Waals surface area (Å²) in [6, 6.07) is 10.8. The lowest BCUT2D eigenvalue weighted by molar-refractivity contribution is -0.116. The van der Waals surface area contributed by atoms with Gasteiger partial charge >= 0.3 is 0 Å². The predicted molar refractivity (Wildman–Crippen MR) is 72.7 cm³/mol. The third-order valence-electron chi connectivity index (χ3n) is 3.09. The first kappa shape index (κ1) is 11.5. The molecule has 1 aromatic carbocycles. The predicted octanol–water partition coefficient (Wildman–Crippen LogP) is 2.61. The number of allylic oxidation sites excluding steroid dienone is 1. The van der Waals surface area contributed by atoms with E-state index < -0.39 is 0 Å². The number of H-pyrrole nitrogens is 1. The molecule has 1 amide bonds. The Balaban J connectivity index is 2.16. The van der Waals surface area contributed by atoms with Gasteiger partial charge in [-0.3, -0.25) is 14.5 Å². The summed E-state index contributed by atoms with van der Waals surface area (Å²) in [5.41, 5.74) is 2.40. The van der Waals surface area contributed by atoms with E-state index >= 15 is 0 Å². The molecule has 0 bridgehead atoms. The van der Waals surface area contributed by atoms with Crippen LogP contribution in [0.5, 0.6) is 0 Å². The normalized spacial score (nSPS) is 15.9. The summed E-state index contributed by atoms with van der Waals surface area (Å²) in [4.78, 5) is 28.6. The zero-order valence-corrected chi connectivity index (χ0v) is 10.4. The lowest BCUT2D eigenvalue weighted by Gasteiger charge is -2.15. The van der Waals surface area contributed by atoms with Gasteiger partial charge < -0.3 is 4.98 Å².